The molecule has 29 heavy (non-hydrogen) atoms. The fraction of sp³-hybridized carbons (Fsp3) is 0.619. The molecule has 0 aromatic heterocycles. The van der Waals surface area contributed by atoms with Gasteiger partial charge in [-0.15, -0.1) is 24.0 Å². The van der Waals surface area contributed by atoms with Gasteiger partial charge in [0.15, 0.2) is 5.96 Å². The molecule has 0 saturated carbocycles. The van der Waals surface area contributed by atoms with Crippen LogP contribution in [0.4, 0.5) is 5.69 Å². The van der Waals surface area contributed by atoms with Crippen molar-refractivity contribution in [2.75, 3.05) is 50.9 Å². The Morgan fingerprint density at radius 1 is 1.34 bits per heavy atom. The molecule has 1 atom stereocenters. The van der Waals surface area contributed by atoms with E-state index in [0.29, 0.717) is 19.2 Å². The van der Waals surface area contributed by atoms with Gasteiger partial charge in [-0.2, -0.15) is 0 Å². The smallest absolute Gasteiger partial charge is 0.248 e. The summed E-state index contributed by atoms with van der Waals surface area (Å²) in [7, 11) is 0. The summed E-state index contributed by atoms with van der Waals surface area (Å²) in [5.74, 6) is 0.708. The number of guanidine groups is 1. The van der Waals surface area contributed by atoms with Crippen molar-refractivity contribution in [2.24, 2.45) is 4.99 Å². The maximum absolute atomic E-state index is 12.7. The summed E-state index contributed by atoms with van der Waals surface area (Å²) in [4.78, 5) is 19.1. The molecular weight excluding hydrogens is 483 g/mol. The highest BCUT2D eigenvalue weighted by Gasteiger charge is 2.21. The zero-order valence-corrected chi connectivity index (χ0v) is 19.5. The zero-order chi connectivity index (χ0) is 19.6. The van der Waals surface area contributed by atoms with Crippen LogP contribution in [0, 0.1) is 0 Å². The Bertz CT molecular complexity index is 665. The number of amides is 1. The molecule has 0 aliphatic carbocycles. The summed E-state index contributed by atoms with van der Waals surface area (Å²) < 4.78 is 11.1. The molecule has 2 heterocycles. The number of aryl methyl sites for hydroxylation is 1. The van der Waals surface area contributed by atoms with Crippen molar-refractivity contribution in [3.63, 3.8) is 0 Å². The van der Waals surface area contributed by atoms with Crippen LogP contribution in [0.5, 0.6) is 0 Å². The molecule has 2 N–H and O–H groups in total. The molecule has 7 nitrogen and oxygen atoms in total. The largest absolute Gasteiger partial charge is 0.379 e. The number of nitrogens with zero attached hydrogens (tertiary/aromatic N) is 2. The van der Waals surface area contributed by atoms with Crippen LogP contribution in [-0.4, -0.2) is 64.0 Å². The van der Waals surface area contributed by atoms with E-state index in [1.807, 2.05) is 30.0 Å². The Balaban J connectivity index is 0.00000300. The molecule has 0 radical (unpaired) electrons. The number of fused-ring (bicyclic) bond motifs is 1. The van der Waals surface area contributed by atoms with Crippen LogP contribution in [0.1, 0.15) is 31.7 Å². The van der Waals surface area contributed by atoms with Crippen molar-refractivity contribution in [3.8, 4) is 0 Å². The second-order valence-corrected chi connectivity index (χ2v) is 7.11. The number of carbonyl (C=O) groups excluding carboxylic acids is 1. The Morgan fingerprint density at radius 3 is 3.00 bits per heavy atom. The number of rotatable bonds is 8. The molecule has 0 bridgehead atoms. The van der Waals surface area contributed by atoms with Gasteiger partial charge < -0.3 is 25.0 Å². The van der Waals surface area contributed by atoms with Crippen LogP contribution >= 0.6 is 24.0 Å². The highest BCUT2D eigenvalue weighted by Crippen LogP contribution is 2.26. The Labute approximate surface area is 190 Å². The lowest BCUT2D eigenvalue weighted by Gasteiger charge is -2.29. The fourth-order valence-electron chi connectivity index (χ4n) is 3.54. The first-order valence-corrected chi connectivity index (χ1v) is 10.4. The number of para-hydroxylation sites is 1. The molecule has 0 spiro atoms. The summed E-state index contributed by atoms with van der Waals surface area (Å²) in [5.41, 5.74) is 2.27. The molecule has 1 aromatic carbocycles. The summed E-state index contributed by atoms with van der Waals surface area (Å²) in [5, 5.41) is 6.48. The van der Waals surface area contributed by atoms with Crippen LogP contribution in [0.15, 0.2) is 29.3 Å². The second-order valence-electron chi connectivity index (χ2n) is 7.11. The number of anilines is 1. The van der Waals surface area contributed by atoms with E-state index in [1.54, 1.807) is 0 Å². The van der Waals surface area contributed by atoms with Crippen LogP contribution in [0.3, 0.4) is 0 Å². The van der Waals surface area contributed by atoms with Crippen LogP contribution < -0.4 is 15.5 Å². The normalized spacial score (nSPS) is 18.7. The summed E-state index contributed by atoms with van der Waals surface area (Å²) in [6.45, 7) is 6.63. The third-order valence-corrected chi connectivity index (χ3v) is 4.98. The number of benzene rings is 1. The molecule has 1 amide bonds. The quantitative estimate of drug-likeness (QED) is 0.240. The van der Waals surface area contributed by atoms with Gasteiger partial charge >= 0.3 is 0 Å². The number of halogens is 1. The standard InChI is InChI=1S/C21H32N4O3.HI/c1-2-22-21(23-11-6-13-28-18-10-14-27-16-18)24-15-20(26)25-12-5-8-17-7-3-4-9-19(17)25;/h3-4,7,9,18H,2,5-6,8,10-16H2,1H3,(H2,22,23,24);1H. The maximum atomic E-state index is 12.7. The number of aliphatic imine (C=N–C) groups is 1. The van der Waals surface area contributed by atoms with Crippen molar-refractivity contribution in [3.05, 3.63) is 29.8 Å². The first-order valence-electron chi connectivity index (χ1n) is 10.4. The van der Waals surface area contributed by atoms with Crippen molar-refractivity contribution in [2.45, 2.75) is 38.7 Å². The molecule has 1 unspecified atom stereocenters. The van der Waals surface area contributed by atoms with Crippen molar-refractivity contribution >= 4 is 41.5 Å². The summed E-state index contributed by atoms with van der Waals surface area (Å²) in [6.07, 6.45) is 4.14. The molecule has 8 heteroatoms. The van der Waals surface area contributed by atoms with E-state index in [1.165, 1.54) is 5.56 Å². The van der Waals surface area contributed by atoms with Gasteiger partial charge in [-0.1, -0.05) is 18.2 Å². The monoisotopic (exact) mass is 516 g/mol. The van der Waals surface area contributed by atoms with E-state index in [0.717, 1.165) is 57.6 Å². The molecule has 1 saturated heterocycles. The molecule has 2 aliphatic rings. The molecule has 2 aliphatic heterocycles. The minimum atomic E-state index is 0. The first kappa shape index (κ1) is 23.9. The van der Waals surface area contributed by atoms with E-state index in [-0.39, 0.29) is 42.5 Å². The van der Waals surface area contributed by atoms with E-state index >= 15 is 0 Å². The Morgan fingerprint density at radius 2 is 2.21 bits per heavy atom. The highest BCUT2D eigenvalue weighted by molar-refractivity contribution is 14.0. The van der Waals surface area contributed by atoms with Crippen LogP contribution in [0.2, 0.25) is 0 Å². The lowest BCUT2D eigenvalue weighted by atomic mass is 10.0. The maximum Gasteiger partial charge on any atom is 0.248 e. The zero-order valence-electron chi connectivity index (χ0n) is 17.2. The van der Waals surface area contributed by atoms with Gasteiger partial charge in [0.2, 0.25) is 5.91 Å². The lowest BCUT2D eigenvalue weighted by Crippen LogP contribution is -2.41. The minimum Gasteiger partial charge on any atom is -0.379 e. The van der Waals surface area contributed by atoms with Crippen LogP contribution in [-0.2, 0) is 20.7 Å². The number of nitrogens with one attached hydrogen (secondary N) is 2. The van der Waals surface area contributed by atoms with Crippen molar-refractivity contribution < 1.29 is 14.3 Å². The van der Waals surface area contributed by atoms with Crippen LogP contribution in [0.25, 0.3) is 0 Å². The van der Waals surface area contributed by atoms with Gasteiger partial charge in [0, 0.05) is 38.5 Å². The molecule has 162 valence electrons. The predicted molar refractivity (Wildman–Crippen MR) is 126 cm³/mol. The van der Waals surface area contributed by atoms with Crippen molar-refractivity contribution in [1.29, 1.82) is 0 Å². The van der Waals surface area contributed by atoms with Gasteiger partial charge in [0.1, 0.15) is 6.54 Å². The predicted octanol–water partition coefficient (Wildman–Crippen LogP) is 2.33. The molecule has 3 rings (SSSR count). The van der Waals surface area contributed by atoms with Gasteiger partial charge in [-0.25, -0.2) is 4.99 Å². The summed E-state index contributed by atoms with van der Waals surface area (Å²) in [6, 6.07) is 8.14. The van der Waals surface area contributed by atoms with E-state index in [2.05, 4.69) is 21.7 Å². The van der Waals surface area contributed by atoms with Gasteiger partial charge in [-0.05, 0) is 44.2 Å². The second kappa shape index (κ2) is 13.0. The number of hydrogen-bond acceptors (Lipinski definition) is 4. The van der Waals surface area contributed by atoms with Gasteiger partial charge in [0.25, 0.3) is 0 Å². The third-order valence-electron chi connectivity index (χ3n) is 4.98. The fourth-order valence-corrected chi connectivity index (χ4v) is 3.54. The molecular formula is C21H33IN4O3. The Hall–Kier alpha value is -1.39. The van der Waals surface area contributed by atoms with E-state index < -0.39 is 0 Å². The topological polar surface area (TPSA) is 75.2 Å². The number of hydrogen-bond donors (Lipinski definition) is 2. The Kier molecular flexibility index (Phi) is 10.7. The average Bonchev–Trinajstić information content (AvgIpc) is 3.24. The van der Waals surface area contributed by atoms with Gasteiger partial charge in [-0.3, -0.25) is 4.79 Å². The highest BCUT2D eigenvalue weighted by atomic mass is 127. The number of carbonyl (C=O) groups is 1. The summed E-state index contributed by atoms with van der Waals surface area (Å²) >= 11 is 0. The SMILES string of the molecule is CCNC(=NCC(=O)N1CCCc2ccccc21)NCCCOC1CCOC1.I. The lowest BCUT2D eigenvalue weighted by molar-refractivity contribution is -0.117. The van der Waals surface area contributed by atoms with E-state index in [9.17, 15) is 4.79 Å². The first-order chi connectivity index (χ1) is 13.8. The number of ether oxygens (including phenoxy) is 2. The van der Waals surface area contributed by atoms with Crippen molar-refractivity contribution in [1.82, 2.24) is 10.6 Å². The van der Waals surface area contributed by atoms with E-state index in [4.69, 9.17) is 9.47 Å². The average molecular weight is 516 g/mol. The molecule has 1 fully saturated rings. The minimum absolute atomic E-state index is 0. The van der Waals surface area contributed by atoms with Gasteiger partial charge in [0.05, 0.1) is 12.7 Å². The molecule has 1 aromatic rings. The third kappa shape index (κ3) is 7.42.